The van der Waals surface area contributed by atoms with Crippen LogP contribution in [0.5, 0.6) is 11.5 Å². The van der Waals surface area contributed by atoms with Gasteiger partial charge in [-0.1, -0.05) is 66.5 Å². The van der Waals surface area contributed by atoms with Gasteiger partial charge in [0.2, 0.25) is 0 Å². The van der Waals surface area contributed by atoms with Gasteiger partial charge in [0.25, 0.3) is 0 Å². The minimum absolute atomic E-state index is 0.139. The Kier molecular flexibility index (Phi) is 5.00. The van der Waals surface area contributed by atoms with Crippen LogP contribution in [0, 0.1) is 6.92 Å². The third-order valence-electron chi connectivity index (χ3n) is 3.43. The van der Waals surface area contributed by atoms with Gasteiger partial charge in [-0.25, -0.2) is 0 Å². The van der Waals surface area contributed by atoms with E-state index in [0.717, 1.165) is 28.0 Å². The molecule has 1 nitrogen and oxygen atoms in total. The van der Waals surface area contributed by atoms with Crippen molar-refractivity contribution in [3.63, 3.8) is 0 Å². The maximum absolute atomic E-state index is 6.07. The van der Waals surface area contributed by atoms with Crippen molar-refractivity contribution in [1.82, 2.24) is 0 Å². The highest BCUT2D eigenvalue weighted by Crippen LogP contribution is 2.33. The number of benzene rings is 2. The highest BCUT2D eigenvalue weighted by molar-refractivity contribution is 9.08. The van der Waals surface area contributed by atoms with E-state index in [-0.39, 0.29) is 5.41 Å². The molecule has 2 aromatic rings. The minimum Gasteiger partial charge on any atom is -0.457 e. The molecule has 3 heteroatoms. The van der Waals surface area contributed by atoms with Gasteiger partial charge >= 0.3 is 0 Å². The molecule has 0 saturated carbocycles. The molecule has 0 bridgehead atoms. The molecule has 0 fully saturated rings. The summed E-state index contributed by atoms with van der Waals surface area (Å²) in [6.07, 6.45) is 0. The van der Waals surface area contributed by atoms with Crippen LogP contribution in [0.1, 0.15) is 37.5 Å². The van der Waals surface area contributed by atoms with Crippen LogP contribution in [0.2, 0.25) is 5.02 Å². The SMILES string of the molecule is Cc1cc(C(C)(C)C)ccc1Oc1cc(Cl)ccc1CBr. The Morgan fingerprint density at radius 2 is 1.76 bits per heavy atom. The van der Waals surface area contributed by atoms with Crippen LogP contribution in [-0.2, 0) is 10.7 Å². The lowest BCUT2D eigenvalue weighted by Crippen LogP contribution is -2.11. The van der Waals surface area contributed by atoms with Gasteiger partial charge in [0.05, 0.1) is 0 Å². The Bertz CT molecular complexity index is 644. The Balaban J connectivity index is 2.34. The summed E-state index contributed by atoms with van der Waals surface area (Å²) >= 11 is 9.55. The Labute approximate surface area is 140 Å². The average molecular weight is 368 g/mol. The van der Waals surface area contributed by atoms with Gasteiger partial charge in [-0.05, 0) is 41.7 Å². The van der Waals surface area contributed by atoms with Crippen LogP contribution in [0.4, 0.5) is 0 Å². The first-order chi connectivity index (χ1) is 9.81. The lowest BCUT2D eigenvalue weighted by molar-refractivity contribution is 0.473. The summed E-state index contributed by atoms with van der Waals surface area (Å²) in [6, 6.07) is 12.1. The van der Waals surface area contributed by atoms with Crippen molar-refractivity contribution in [1.29, 1.82) is 0 Å². The van der Waals surface area contributed by atoms with Crippen molar-refractivity contribution in [3.05, 3.63) is 58.1 Å². The lowest BCUT2D eigenvalue weighted by atomic mass is 9.86. The molecule has 0 amide bonds. The first-order valence-electron chi connectivity index (χ1n) is 6.94. The van der Waals surface area contributed by atoms with E-state index in [1.165, 1.54) is 5.56 Å². The zero-order chi connectivity index (χ0) is 15.6. The second-order valence-electron chi connectivity index (χ2n) is 6.22. The van der Waals surface area contributed by atoms with Crippen molar-refractivity contribution in [2.45, 2.75) is 38.4 Å². The fraction of sp³-hybridized carbons (Fsp3) is 0.333. The molecule has 0 heterocycles. The third-order valence-corrected chi connectivity index (χ3v) is 4.27. The summed E-state index contributed by atoms with van der Waals surface area (Å²) in [7, 11) is 0. The molecule has 21 heavy (non-hydrogen) atoms. The molecule has 0 aromatic heterocycles. The molecule has 0 radical (unpaired) electrons. The number of aryl methyl sites for hydroxylation is 1. The number of ether oxygens (including phenoxy) is 1. The van der Waals surface area contributed by atoms with Crippen molar-refractivity contribution in [2.75, 3.05) is 0 Å². The number of alkyl halides is 1. The minimum atomic E-state index is 0.139. The molecule has 0 aliphatic heterocycles. The molecular weight excluding hydrogens is 348 g/mol. The van der Waals surface area contributed by atoms with E-state index in [2.05, 4.69) is 55.8 Å². The zero-order valence-corrected chi connectivity index (χ0v) is 15.2. The number of hydrogen-bond donors (Lipinski definition) is 0. The molecule has 0 aliphatic rings. The van der Waals surface area contributed by atoms with Crippen molar-refractivity contribution >= 4 is 27.5 Å². The molecule has 0 N–H and O–H groups in total. The van der Waals surface area contributed by atoms with E-state index < -0.39 is 0 Å². The lowest BCUT2D eigenvalue weighted by Gasteiger charge is -2.21. The van der Waals surface area contributed by atoms with Gasteiger partial charge in [-0.15, -0.1) is 0 Å². The van der Waals surface area contributed by atoms with Gasteiger partial charge in [0.15, 0.2) is 0 Å². The van der Waals surface area contributed by atoms with E-state index in [4.69, 9.17) is 16.3 Å². The molecule has 112 valence electrons. The second kappa shape index (κ2) is 6.41. The molecule has 0 saturated heterocycles. The monoisotopic (exact) mass is 366 g/mol. The van der Waals surface area contributed by atoms with Crippen LogP contribution < -0.4 is 4.74 Å². The summed E-state index contributed by atoms with van der Waals surface area (Å²) in [5.41, 5.74) is 3.65. The fourth-order valence-corrected chi connectivity index (χ4v) is 2.71. The van der Waals surface area contributed by atoms with Crippen LogP contribution in [0.15, 0.2) is 36.4 Å². The Morgan fingerprint density at radius 3 is 2.33 bits per heavy atom. The standard InChI is InChI=1S/C18H20BrClO/c1-12-9-14(18(2,3)4)6-8-16(12)21-17-10-15(20)7-5-13(17)11-19/h5-10H,11H2,1-4H3. The van der Waals surface area contributed by atoms with Crippen molar-refractivity contribution in [2.24, 2.45) is 0 Å². The Morgan fingerprint density at radius 1 is 1.05 bits per heavy atom. The highest BCUT2D eigenvalue weighted by atomic mass is 79.9. The summed E-state index contributed by atoms with van der Waals surface area (Å²) < 4.78 is 6.07. The predicted octanol–water partition coefficient (Wildman–Crippen LogP) is 6.63. The first kappa shape index (κ1) is 16.4. The molecule has 0 atom stereocenters. The summed E-state index contributed by atoms with van der Waals surface area (Å²) in [4.78, 5) is 0. The third kappa shape index (κ3) is 4.02. The zero-order valence-electron chi connectivity index (χ0n) is 12.8. The maximum Gasteiger partial charge on any atom is 0.132 e. The molecular formula is C18H20BrClO. The van der Waals surface area contributed by atoms with E-state index in [0.29, 0.717) is 5.02 Å². The largest absolute Gasteiger partial charge is 0.457 e. The van der Waals surface area contributed by atoms with Crippen LogP contribution in [0.25, 0.3) is 0 Å². The van der Waals surface area contributed by atoms with Crippen molar-refractivity contribution in [3.8, 4) is 11.5 Å². The number of hydrogen-bond acceptors (Lipinski definition) is 1. The number of halogens is 2. The average Bonchev–Trinajstić information content (AvgIpc) is 2.40. The topological polar surface area (TPSA) is 9.23 Å². The normalized spacial score (nSPS) is 11.5. The van der Waals surface area contributed by atoms with Crippen LogP contribution in [0.3, 0.4) is 0 Å². The molecule has 0 spiro atoms. The quantitative estimate of drug-likeness (QED) is 0.553. The van der Waals surface area contributed by atoms with E-state index >= 15 is 0 Å². The van der Waals surface area contributed by atoms with Gasteiger partial charge in [0, 0.05) is 15.9 Å². The van der Waals surface area contributed by atoms with E-state index in [9.17, 15) is 0 Å². The highest BCUT2D eigenvalue weighted by Gasteiger charge is 2.15. The number of rotatable bonds is 3. The van der Waals surface area contributed by atoms with Gasteiger partial charge < -0.3 is 4.74 Å². The fourth-order valence-electron chi connectivity index (χ4n) is 2.08. The van der Waals surface area contributed by atoms with Gasteiger partial charge in [-0.2, -0.15) is 0 Å². The predicted molar refractivity (Wildman–Crippen MR) is 94.0 cm³/mol. The summed E-state index contributed by atoms with van der Waals surface area (Å²) in [6.45, 7) is 8.70. The molecule has 0 aliphatic carbocycles. The van der Waals surface area contributed by atoms with Crippen LogP contribution >= 0.6 is 27.5 Å². The maximum atomic E-state index is 6.07. The summed E-state index contributed by atoms with van der Waals surface area (Å²) in [5, 5.41) is 1.41. The van der Waals surface area contributed by atoms with Crippen LogP contribution in [-0.4, -0.2) is 0 Å². The Hall–Kier alpha value is -0.990. The second-order valence-corrected chi connectivity index (χ2v) is 7.22. The van der Waals surface area contributed by atoms with Gasteiger partial charge in [-0.3, -0.25) is 0 Å². The van der Waals surface area contributed by atoms with Crippen molar-refractivity contribution < 1.29 is 4.74 Å². The smallest absolute Gasteiger partial charge is 0.132 e. The van der Waals surface area contributed by atoms with E-state index in [1.54, 1.807) is 0 Å². The summed E-state index contributed by atoms with van der Waals surface area (Å²) in [5.74, 6) is 1.67. The van der Waals surface area contributed by atoms with Gasteiger partial charge in [0.1, 0.15) is 11.5 Å². The van der Waals surface area contributed by atoms with E-state index in [1.807, 2.05) is 24.3 Å². The molecule has 2 aromatic carbocycles. The molecule has 0 unspecified atom stereocenters. The molecule has 2 rings (SSSR count). The first-order valence-corrected chi connectivity index (χ1v) is 8.44.